The summed E-state index contributed by atoms with van der Waals surface area (Å²) < 4.78 is 0.613. The van der Waals surface area contributed by atoms with Gasteiger partial charge in [-0.15, -0.1) is 0 Å². The Bertz CT molecular complexity index is 552. The lowest BCUT2D eigenvalue weighted by Crippen LogP contribution is -1.95. The van der Waals surface area contributed by atoms with E-state index in [2.05, 4.69) is 32.8 Å². The molecule has 1 aromatic heterocycles. The molecule has 0 aliphatic rings. The summed E-state index contributed by atoms with van der Waals surface area (Å²) in [5.74, 6) is 0.110. The summed E-state index contributed by atoms with van der Waals surface area (Å²) in [5.41, 5.74) is 1.49. The van der Waals surface area contributed by atoms with Crippen LogP contribution in [0.5, 0.6) is 0 Å². The Labute approximate surface area is 127 Å². The maximum atomic E-state index is 10.4. The highest BCUT2D eigenvalue weighted by Gasteiger charge is 2.04. The van der Waals surface area contributed by atoms with Crippen molar-refractivity contribution in [3.63, 3.8) is 0 Å². The fraction of sp³-hybridized carbons (Fsp3) is 0.333. The SMILES string of the molecule is CCCCc1c[nH]c(C)n1.O=C(O)c1ccccc1Br. The number of hydrogen-bond acceptors (Lipinski definition) is 2. The van der Waals surface area contributed by atoms with Crippen LogP contribution in [-0.2, 0) is 6.42 Å². The fourth-order valence-electron chi connectivity index (χ4n) is 1.59. The summed E-state index contributed by atoms with van der Waals surface area (Å²) >= 11 is 3.12. The highest BCUT2D eigenvalue weighted by Crippen LogP contribution is 2.14. The summed E-state index contributed by atoms with van der Waals surface area (Å²) in [6.45, 7) is 4.18. The minimum Gasteiger partial charge on any atom is -0.478 e. The highest BCUT2D eigenvalue weighted by atomic mass is 79.9. The topological polar surface area (TPSA) is 66.0 Å². The maximum absolute atomic E-state index is 10.4. The molecule has 1 aromatic carbocycles. The van der Waals surface area contributed by atoms with Crippen LogP contribution in [0.3, 0.4) is 0 Å². The minimum atomic E-state index is -0.910. The minimum absolute atomic E-state index is 0.294. The summed E-state index contributed by atoms with van der Waals surface area (Å²) in [6.07, 6.45) is 5.59. The average molecular weight is 339 g/mol. The van der Waals surface area contributed by atoms with Gasteiger partial charge < -0.3 is 10.1 Å². The van der Waals surface area contributed by atoms with Crippen LogP contribution in [0.25, 0.3) is 0 Å². The normalized spacial score (nSPS) is 9.75. The van der Waals surface area contributed by atoms with Gasteiger partial charge in [0.15, 0.2) is 0 Å². The molecule has 0 aliphatic heterocycles. The molecule has 0 radical (unpaired) electrons. The number of imidazole rings is 1. The Kier molecular flexibility index (Phi) is 7.01. The van der Waals surface area contributed by atoms with Gasteiger partial charge in [-0.05, 0) is 47.8 Å². The van der Waals surface area contributed by atoms with Crippen LogP contribution >= 0.6 is 15.9 Å². The highest BCUT2D eigenvalue weighted by molar-refractivity contribution is 9.10. The van der Waals surface area contributed by atoms with Crippen molar-refractivity contribution in [3.05, 3.63) is 52.0 Å². The van der Waals surface area contributed by atoms with Crippen LogP contribution in [0.4, 0.5) is 0 Å². The standard InChI is InChI=1S/C8H14N2.C7H5BrO2/c1-3-4-5-8-6-9-7(2)10-8;8-6-4-2-1-3-5(6)7(9)10/h6H,3-5H2,1-2H3,(H,9,10);1-4H,(H,9,10). The fourth-order valence-corrected chi connectivity index (χ4v) is 2.04. The van der Waals surface area contributed by atoms with Crippen LogP contribution in [-0.4, -0.2) is 21.0 Å². The van der Waals surface area contributed by atoms with E-state index in [0.29, 0.717) is 10.0 Å². The van der Waals surface area contributed by atoms with E-state index in [-0.39, 0.29) is 0 Å². The van der Waals surface area contributed by atoms with E-state index in [0.717, 1.165) is 12.2 Å². The number of rotatable bonds is 4. The van der Waals surface area contributed by atoms with Crippen molar-refractivity contribution >= 4 is 21.9 Å². The van der Waals surface area contributed by atoms with Crippen LogP contribution in [0, 0.1) is 6.92 Å². The molecule has 0 bridgehead atoms. The second kappa shape index (κ2) is 8.53. The molecule has 2 aromatic rings. The molecular weight excluding hydrogens is 320 g/mol. The van der Waals surface area contributed by atoms with Gasteiger partial charge in [-0.3, -0.25) is 0 Å². The molecule has 0 fully saturated rings. The van der Waals surface area contributed by atoms with E-state index in [4.69, 9.17) is 5.11 Å². The number of aryl methyl sites for hydroxylation is 2. The largest absolute Gasteiger partial charge is 0.478 e. The smallest absolute Gasteiger partial charge is 0.336 e. The van der Waals surface area contributed by atoms with Gasteiger partial charge in [0.2, 0.25) is 0 Å². The summed E-state index contributed by atoms with van der Waals surface area (Å²) in [6, 6.07) is 6.71. The molecule has 0 spiro atoms. The molecule has 0 amide bonds. The van der Waals surface area contributed by atoms with Gasteiger partial charge in [0.25, 0.3) is 0 Å². The molecule has 2 N–H and O–H groups in total. The number of carboxylic acids is 1. The number of nitrogens with one attached hydrogen (secondary N) is 1. The Hall–Kier alpha value is -1.62. The van der Waals surface area contributed by atoms with Gasteiger partial charge in [0, 0.05) is 10.7 Å². The van der Waals surface area contributed by atoms with Crippen molar-refractivity contribution in [1.82, 2.24) is 9.97 Å². The molecule has 0 aliphatic carbocycles. The van der Waals surface area contributed by atoms with E-state index >= 15 is 0 Å². The van der Waals surface area contributed by atoms with Crippen LogP contribution in [0.15, 0.2) is 34.9 Å². The molecule has 0 saturated heterocycles. The maximum Gasteiger partial charge on any atom is 0.336 e. The predicted octanol–water partition coefficient (Wildman–Crippen LogP) is 4.21. The third-order valence-electron chi connectivity index (χ3n) is 2.65. The molecule has 2 rings (SSSR count). The Morgan fingerprint density at radius 2 is 2.10 bits per heavy atom. The number of halogens is 1. The van der Waals surface area contributed by atoms with Crippen molar-refractivity contribution in [2.24, 2.45) is 0 Å². The number of aromatic carboxylic acids is 1. The van der Waals surface area contributed by atoms with Crippen molar-refractivity contribution in [2.45, 2.75) is 33.1 Å². The van der Waals surface area contributed by atoms with Crippen LogP contribution < -0.4 is 0 Å². The number of hydrogen-bond donors (Lipinski definition) is 2. The Morgan fingerprint density at radius 1 is 1.40 bits per heavy atom. The number of carbonyl (C=O) groups is 1. The van der Waals surface area contributed by atoms with Crippen molar-refractivity contribution in [2.75, 3.05) is 0 Å². The first-order valence-electron chi connectivity index (χ1n) is 6.53. The van der Waals surface area contributed by atoms with Gasteiger partial charge in [0.05, 0.1) is 11.3 Å². The molecule has 0 saturated carbocycles. The molecule has 20 heavy (non-hydrogen) atoms. The van der Waals surface area contributed by atoms with E-state index in [1.54, 1.807) is 24.3 Å². The molecule has 0 unspecified atom stereocenters. The summed E-state index contributed by atoms with van der Waals surface area (Å²) in [7, 11) is 0. The molecular formula is C15H19BrN2O2. The zero-order chi connectivity index (χ0) is 15.0. The molecule has 5 heteroatoms. The number of H-pyrrole nitrogens is 1. The van der Waals surface area contributed by atoms with Gasteiger partial charge in [0.1, 0.15) is 5.82 Å². The summed E-state index contributed by atoms with van der Waals surface area (Å²) in [4.78, 5) is 17.8. The van der Waals surface area contributed by atoms with E-state index < -0.39 is 5.97 Å². The monoisotopic (exact) mass is 338 g/mol. The number of aromatic nitrogens is 2. The molecule has 108 valence electrons. The van der Waals surface area contributed by atoms with Crippen LogP contribution in [0.2, 0.25) is 0 Å². The Balaban J connectivity index is 0.000000200. The second-order valence-electron chi connectivity index (χ2n) is 4.37. The van der Waals surface area contributed by atoms with Gasteiger partial charge in [-0.1, -0.05) is 25.5 Å². The van der Waals surface area contributed by atoms with Gasteiger partial charge in [-0.2, -0.15) is 0 Å². The predicted molar refractivity (Wildman–Crippen MR) is 83.0 cm³/mol. The van der Waals surface area contributed by atoms with E-state index in [1.165, 1.54) is 18.5 Å². The lowest BCUT2D eigenvalue weighted by molar-refractivity contribution is 0.0696. The Morgan fingerprint density at radius 3 is 2.55 bits per heavy atom. The van der Waals surface area contributed by atoms with Crippen molar-refractivity contribution < 1.29 is 9.90 Å². The zero-order valence-electron chi connectivity index (χ0n) is 11.7. The first kappa shape index (κ1) is 16.4. The summed E-state index contributed by atoms with van der Waals surface area (Å²) in [5, 5.41) is 8.54. The van der Waals surface area contributed by atoms with Crippen LogP contribution in [0.1, 0.15) is 41.6 Å². The molecule has 1 heterocycles. The quantitative estimate of drug-likeness (QED) is 0.877. The third-order valence-corrected chi connectivity index (χ3v) is 3.34. The average Bonchev–Trinajstić information content (AvgIpc) is 2.83. The number of benzene rings is 1. The lowest BCUT2D eigenvalue weighted by Gasteiger charge is -1.94. The van der Waals surface area contributed by atoms with E-state index in [1.807, 2.05) is 13.1 Å². The van der Waals surface area contributed by atoms with Crippen molar-refractivity contribution in [1.29, 1.82) is 0 Å². The number of aromatic amines is 1. The first-order chi connectivity index (χ1) is 9.54. The molecule has 4 nitrogen and oxygen atoms in total. The lowest BCUT2D eigenvalue weighted by atomic mass is 10.2. The van der Waals surface area contributed by atoms with Gasteiger partial charge in [-0.25, -0.2) is 9.78 Å². The van der Waals surface area contributed by atoms with E-state index in [9.17, 15) is 4.79 Å². The number of unbranched alkanes of at least 4 members (excludes halogenated alkanes) is 1. The van der Waals surface area contributed by atoms with Gasteiger partial charge >= 0.3 is 5.97 Å². The zero-order valence-corrected chi connectivity index (χ0v) is 13.3. The second-order valence-corrected chi connectivity index (χ2v) is 5.22. The number of carboxylic acid groups (broad SMARTS) is 1. The van der Waals surface area contributed by atoms with Crippen molar-refractivity contribution in [3.8, 4) is 0 Å². The number of nitrogens with zero attached hydrogens (tertiary/aromatic N) is 1. The first-order valence-corrected chi connectivity index (χ1v) is 7.32. The molecule has 0 atom stereocenters. The third kappa shape index (κ3) is 5.57.